The molecule has 29 heavy (non-hydrogen) atoms. The van der Waals surface area contributed by atoms with Gasteiger partial charge in [0.2, 0.25) is 0 Å². The number of hydrogen-bond donors (Lipinski definition) is 1. The molecular formula is C22H24N2O3S2. The maximum atomic E-state index is 12.4. The van der Waals surface area contributed by atoms with Crippen LogP contribution in [0.2, 0.25) is 0 Å². The van der Waals surface area contributed by atoms with Crippen molar-refractivity contribution in [1.29, 1.82) is 0 Å². The third-order valence-corrected chi connectivity index (χ3v) is 7.97. The van der Waals surface area contributed by atoms with E-state index in [1.54, 1.807) is 17.4 Å². The number of thiazole rings is 1. The van der Waals surface area contributed by atoms with E-state index in [4.69, 9.17) is 4.74 Å². The third kappa shape index (κ3) is 4.51. The van der Waals surface area contributed by atoms with E-state index in [1.807, 2.05) is 30.3 Å². The summed E-state index contributed by atoms with van der Waals surface area (Å²) >= 11 is 2.94. The molecule has 3 aromatic rings. The number of hydrogen-bond acceptors (Lipinski definition) is 6. The molecule has 0 bridgehead atoms. The molecule has 2 heterocycles. The van der Waals surface area contributed by atoms with Gasteiger partial charge in [0.1, 0.15) is 9.88 Å². The molecule has 1 N–H and O–H groups in total. The van der Waals surface area contributed by atoms with E-state index in [0.717, 1.165) is 32.9 Å². The Hall–Kier alpha value is -2.25. The molecule has 1 fully saturated rings. The standard InChI is InChI=1S/C22H24N2O3S2/c1-13-6-5-8-15(14(13)2)23-20(25)12-27-22(26)19-11-10-18(28-19)21-24-16-7-3-4-9-17(16)29-21/h3-4,7,9-11,13-15H,5-6,8,12H2,1-2H3,(H,23,25)/t13-,14+,15-/m0/s1. The van der Waals surface area contributed by atoms with Gasteiger partial charge >= 0.3 is 5.97 Å². The number of esters is 1. The summed E-state index contributed by atoms with van der Waals surface area (Å²) in [6.07, 6.45) is 3.32. The van der Waals surface area contributed by atoms with Gasteiger partial charge in [0, 0.05) is 6.04 Å². The van der Waals surface area contributed by atoms with E-state index in [1.165, 1.54) is 17.8 Å². The van der Waals surface area contributed by atoms with Crippen LogP contribution in [0.25, 0.3) is 20.1 Å². The van der Waals surface area contributed by atoms with Gasteiger partial charge in [-0.05, 0) is 42.5 Å². The zero-order chi connectivity index (χ0) is 20.4. The van der Waals surface area contributed by atoms with Crippen molar-refractivity contribution in [2.75, 3.05) is 6.61 Å². The van der Waals surface area contributed by atoms with Crippen molar-refractivity contribution in [3.05, 3.63) is 41.3 Å². The molecule has 5 nitrogen and oxygen atoms in total. The quantitative estimate of drug-likeness (QED) is 0.573. The normalized spacial score (nSPS) is 21.8. The number of fused-ring (bicyclic) bond motifs is 1. The van der Waals surface area contributed by atoms with Crippen molar-refractivity contribution in [2.24, 2.45) is 11.8 Å². The highest BCUT2D eigenvalue weighted by Crippen LogP contribution is 2.34. The smallest absolute Gasteiger partial charge is 0.348 e. The van der Waals surface area contributed by atoms with Crippen molar-refractivity contribution in [1.82, 2.24) is 10.3 Å². The summed E-state index contributed by atoms with van der Waals surface area (Å²) < 4.78 is 6.36. The molecule has 7 heteroatoms. The molecule has 0 saturated heterocycles. The Labute approximate surface area is 178 Å². The van der Waals surface area contributed by atoms with Gasteiger partial charge in [-0.25, -0.2) is 9.78 Å². The molecule has 0 radical (unpaired) electrons. The Bertz CT molecular complexity index is 993. The lowest BCUT2D eigenvalue weighted by molar-refractivity contribution is -0.125. The number of ether oxygens (including phenoxy) is 1. The van der Waals surface area contributed by atoms with Crippen molar-refractivity contribution in [3.63, 3.8) is 0 Å². The van der Waals surface area contributed by atoms with E-state index < -0.39 is 5.97 Å². The zero-order valence-electron chi connectivity index (χ0n) is 16.5. The van der Waals surface area contributed by atoms with Gasteiger partial charge in [-0.15, -0.1) is 22.7 Å². The van der Waals surface area contributed by atoms with E-state index in [0.29, 0.717) is 16.7 Å². The summed E-state index contributed by atoms with van der Waals surface area (Å²) in [7, 11) is 0. The Balaban J connectivity index is 1.34. The van der Waals surface area contributed by atoms with Crippen molar-refractivity contribution >= 4 is 44.8 Å². The molecule has 1 aliphatic rings. The molecular weight excluding hydrogens is 404 g/mol. The van der Waals surface area contributed by atoms with Crippen LogP contribution in [-0.2, 0) is 9.53 Å². The second-order valence-corrected chi connectivity index (χ2v) is 9.78. The van der Waals surface area contributed by atoms with E-state index in [-0.39, 0.29) is 18.6 Å². The van der Waals surface area contributed by atoms with Crippen LogP contribution in [0.5, 0.6) is 0 Å². The number of carbonyl (C=O) groups excluding carboxylic acids is 2. The minimum Gasteiger partial charge on any atom is -0.451 e. The van der Waals surface area contributed by atoms with Crippen LogP contribution in [0.4, 0.5) is 0 Å². The lowest BCUT2D eigenvalue weighted by atomic mass is 9.78. The average molecular weight is 429 g/mol. The van der Waals surface area contributed by atoms with Gasteiger partial charge < -0.3 is 10.1 Å². The van der Waals surface area contributed by atoms with Gasteiger partial charge in [-0.2, -0.15) is 0 Å². The predicted octanol–water partition coefficient (Wildman–Crippen LogP) is 5.12. The fourth-order valence-corrected chi connectivity index (χ4v) is 5.70. The Morgan fingerprint density at radius 2 is 1.97 bits per heavy atom. The van der Waals surface area contributed by atoms with Gasteiger partial charge in [0.25, 0.3) is 5.91 Å². The number of thiophene rings is 1. The number of para-hydroxylation sites is 1. The number of rotatable bonds is 5. The monoisotopic (exact) mass is 428 g/mol. The highest BCUT2D eigenvalue weighted by atomic mass is 32.1. The van der Waals surface area contributed by atoms with E-state index in [2.05, 4.69) is 24.1 Å². The van der Waals surface area contributed by atoms with Crippen molar-refractivity contribution in [2.45, 2.75) is 39.2 Å². The first kappa shape index (κ1) is 20.0. The van der Waals surface area contributed by atoms with Crippen molar-refractivity contribution < 1.29 is 14.3 Å². The molecule has 1 saturated carbocycles. The van der Waals surface area contributed by atoms with Crippen LogP contribution in [0.1, 0.15) is 42.8 Å². The summed E-state index contributed by atoms with van der Waals surface area (Å²) in [5.74, 6) is 0.343. The molecule has 3 atom stereocenters. The number of aromatic nitrogens is 1. The molecule has 1 aliphatic carbocycles. The number of nitrogens with one attached hydrogen (secondary N) is 1. The lowest BCUT2D eigenvalue weighted by Gasteiger charge is -2.34. The molecule has 152 valence electrons. The minimum atomic E-state index is -0.470. The van der Waals surface area contributed by atoms with Gasteiger partial charge in [-0.3, -0.25) is 4.79 Å². The Kier molecular flexibility index (Phi) is 5.96. The summed E-state index contributed by atoms with van der Waals surface area (Å²) in [6, 6.07) is 11.7. The maximum Gasteiger partial charge on any atom is 0.348 e. The summed E-state index contributed by atoms with van der Waals surface area (Å²) in [6.45, 7) is 4.16. The van der Waals surface area contributed by atoms with E-state index in [9.17, 15) is 9.59 Å². The summed E-state index contributed by atoms with van der Waals surface area (Å²) in [5, 5.41) is 3.91. The van der Waals surface area contributed by atoms with Crippen LogP contribution in [0.3, 0.4) is 0 Å². The zero-order valence-corrected chi connectivity index (χ0v) is 18.1. The fourth-order valence-electron chi connectivity index (χ4n) is 3.78. The van der Waals surface area contributed by atoms with Gasteiger partial charge in [0.05, 0.1) is 15.1 Å². The first-order valence-corrected chi connectivity index (χ1v) is 11.6. The number of carbonyl (C=O) groups is 2. The molecule has 1 amide bonds. The molecule has 0 spiro atoms. The molecule has 2 aromatic heterocycles. The number of amides is 1. The highest BCUT2D eigenvalue weighted by Gasteiger charge is 2.28. The third-order valence-electron chi connectivity index (χ3n) is 5.70. The summed E-state index contributed by atoms with van der Waals surface area (Å²) in [5.41, 5.74) is 0.952. The van der Waals surface area contributed by atoms with Gasteiger partial charge in [0.15, 0.2) is 6.61 Å². The highest BCUT2D eigenvalue weighted by molar-refractivity contribution is 7.26. The first-order chi connectivity index (χ1) is 14.0. The second-order valence-electron chi connectivity index (χ2n) is 7.67. The van der Waals surface area contributed by atoms with Crippen LogP contribution < -0.4 is 5.32 Å². The van der Waals surface area contributed by atoms with Crippen LogP contribution >= 0.6 is 22.7 Å². The first-order valence-electron chi connectivity index (χ1n) is 9.93. The SMILES string of the molecule is C[C@H]1[C@@H](NC(=O)COC(=O)c2ccc(-c3nc4ccccc4s3)s2)CCC[C@@H]1C. The molecule has 0 aliphatic heterocycles. The van der Waals surface area contributed by atoms with Gasteiger partial charge in [-0.1, -0.05) is 38.8 Å². The van der Waals surface area contributed by atoms with Crippen LogP contribution in [0, 0.1) is 11.8 Å². The summed E-state index contributed by atoms with van der Waals surface area (Å²) in [4.78, 5) is 30.6. The second kappa shape index (κ2) is 8.63. The number of benzene rings is 1. The lowest BCUT2D eigenvalue weighted by Crippen LogP contribution is -2.45. The van der Waals surface area contributed by atoms with Crippen LogP contribution in [-0.4, -0.2) is 29.5 Å². The Morgan fingerprint density at radius 3 is 2.79 bits per heavy atom. The molecule has 0 unspecified atom stereocenters. The fraction of sp³-hybridized carbons (Fsp3) is 0.409. The average Bonchev–Trinajstić information content (AvgIpc) is 3.36. The minimum absolute atomic E-state index is 0.164. The van der Waals surface area contributed by atoms with E-state index >= 15 is 0 Å². The van der Waals surface area contributed by atoms with Crippen LogP contribution in [0.15, 0.2) is 36.4 Å². The van der Waals surface area contributed by atoms with Crippen molar-refractivity contribution in [3.8, 4) is 9.88 Å². The molecule has 4 rings (SSSR count). The topological polar surface area (TPSA) is 68.3 Å². The maximum absolute atomic E-state index is 12.4. The Morgan fingerprint density at radius 1 is 1.14 bits per heavy atom. The molecule has 1 aromatic carbocycles. The predicted molar refractivity (Wildman–Crippen MR) is 117 cm³/mol. The largest absolute Gasteiger partial charge is 0.451 e. The number of nitrogens with zero attached hydrogens (tertiary/aromatic N) is 1.